The van der Waals surface area contributed by atoms with Crippen LogP contribution in [0.3, 0.4) is 0 Å². The third kappa shape index (κ3) is 3.94. The van der Waals surface area contributed by atoms with Crippen molar-refractivity contribution in [3.05, 3.63) is 88.8 Å². The fraction of sp³-hybridized carbons (Fsp3) is 0.0455. The highest BCUT2D eigenvalue weighted by Crippen LogP contribution is 2.33. The number of aromatic nitrogens is 2. The molecule has 0 unspecified atom stereocenters. The van der Waals surface area contributed by atoms with Crippen molar-refractivity contribution >= 4 is 33.9 Å². The van der Waals surface area contributed by atoms with Crippen molar-refractivity contribution < 1.29 is 18.8 Å². The molecule has 3 heterocycles. The van der Waals surface area contributed by atoms with E-state index in [9.17, 15) is 14.4 Å². The van der Waals surface area contributed by atoms with Crippen molar-refractivity contribution in [3.8, 4) is 11.5 Å². The molecule has 0 aliphatic heterocycles. The van der Waals surface area contributed by atoms with Crippen LogP contribution in [0.2, 0.25) is 0 Å². The number of carbonyl (C=O) groups is 3. The summed E-state index contributed by atoms with van der Waals surface area (Å²) in [6, 6.07) is 14.8. The van der Waals surface area contributed by atoms with E-state index in [-0.39, 0.29) is 22.4 Å². The normalized spacial score (nSPS) is 10.6. The second-order valence-electron chi connectivity index (χ2n) is 6.31. The second-order valence-corrected chi connectivity index (χ2v) is 7.31. The van der Waals surface area contributed by atoms with Crippen LogP contribution in [0.5, 0.6) is 0 Å². The maximum absolute atomic E-state index is 13.0. The zero-order valence-corrected chi connectivity index (χ0v) is 16.6. The van der Waals surface area contributed by atoms with Gasteiger partial charge in [0, 0.05) is 17.3 Å². The number of pyridine rings is 1. The average Bonchev–Trinajstić information content (AvgIpc) is 3.44. The summed E-state index contributed by atoms with van der Waals surface area (Å²) >= 11 is 1.03. The highest BCUT2D eigenvalue weighted by molar-refractivity contribution is 7.18. The van der Waals surface area contributed by atoms with Crippen LogP contribution in [0.15, 0.2) is 71.5 Å². The molecule has 3 aromatic heterocycles. The average molecular weight is 417 g/mol. The molecule has 148 valence electrons. The zero-order chi connectivity index (χ0) is 21.1. The number of amides is 1. The van der Waals surface area contributed by atoms with Gasteiger partial charge in [-0.1, -0.05) is 29.5 Å². The molecular weight excluding hydrogens is 402 g/mol. The summed E-state index contributed by atoms with van der Waals surface area (Å²) in [4.78, 5) is 46.0. The number of carbonyl (C=O) groups excluding carboxylic acids is 3. The highest BCUT2D eigenvalue weighted by atomic mass is 32.1. The van der Waals surface area contributed by atoms with Crippen LogP contribution in [-0.2, 0) is 0 Å². The van der Waals surface area contributed by atoms with E-state index >= 15 is 0 Å². The molecule has 7 nitrogen and oxygen atoms in total. The Morgan fingerprint density at radius 1 is 1.00 bits per heavy atom. The second kappa shape index (κ2) is 8.22. The van der Waals surface area contributed by atoms with E-state index in [0.29, 0.717) is 27.5 Å². The molecule has 1 amide bonds. The molecule has 1 aromatic carbocycles. The number of ketones is 2. The number of thiazole rings is 1. The van der Waals surface area contributed by atoms with E-state index in [1.165, 1.54) is 25.5 Å². The lowest BCUT2D eigenvalue weighted by atomic mass is 10.1. The summed E-state index contributed by atoms with van der Waals surface area (Å²) in [5, 5.41) is 2.93. The van der Waals surface area contributed by atoms with E-state index in [4.69, 9.17) is 4.42 Å². The lowest BCUT2D eigenvalue weighted by molar-refractivity contribution is 0.101. The fourth-order valence-electron chi connectivity index (χ4n) is 2.77. The monoisotopic (exact) mass is 417 g/mol. The minimum absolute atomic E-state index is 0.137. The van der Waals surface area contributed by atoms with E-state index in [1.54, 1.807) is 48.5 Å². The third-order valence-electron chi connectivity index (χ3n) is 4.24. The zero-order valence-electron chi connectivity index (χ0n) is 15.8. The number of nitrogens with one attached hydrogen (secondary N) is 1. The van der Waals surface area contributed by atoms with Gasteiger partial charge >= 0.3 is 0 Å². The molecule has 1 N–H and O–H groups in total. The van der Waals surface area contributed by atoms with Gasteiger partial charge in [0.05, 0.1) is 6.26 Å². The molecule has 0 fully saturated rings. The van der Waals surface area contributed by atoms with Gasteiger partial charge < -0.3 is 4.42 Å². The van der Waals surface area contributed by atoms with E-state index in [0.717, 1.165) is 11.3 Å². The van der Waals surface area contributed by atoms with Gasteiger partial charge in [0.1, 0.15) is 16.3 Å². The summed E-state index contributed by atoms with van der Waals surface area (Å²) in [5.41, 5.74) is 1.34. The number of benzene rings is 1. The first kappa shape index (κ1) is 19.4. The number of furan rings is 1. The van der Waals surface area contributed by atoms with Gasteiger partial charge in [-0.2, -0.15) is 0 Å². The summed E-state index contributed by atoms with van der Waals surface area (Å²) < 4.78 is 5.41. The van der Waals surface area contributed by atoms with Gasteiger partial charge in [-0.3, -0.25) is 24.7 Å². The molecule has 0 radical (unpaired) electrons. The maximum atomic E-state index is 13.0. The molecule has 8 heteroatoms. The van der Waals surface area contributed by atoms with Gasteiger partial charge in [0.15, 0.2) is 16.7 Å². The quantitative estimate of drug-likeness (QED) is 0.464. The Bertz CT molecular complexity index is 1230. The Labute approximate surface area is 175 Å². The highest BCUT2D eigenvalue weighted by Gasteiger charge is 2.24. The minimum Gasteiger partial charge on any atom is -0.463 e. The number of Topliss-reactive ketones (excluding diaryl/α,β-unsaturated/α-hetero) is 1. The van der Waals surface area contributed by atoms with Crippen LogP contribution in [0.25, 0.3) is 11.5 Å². The van der Waals surface area contributed by atoms with Crippen LogP contribution < -0.4 is 5.32 Å². The molecule has 0 spiro atoms. The molecule has 4 rings (SSSR count). The number of hydrogen-bond acceptors (Lipinski definition) is 7. The predicted molar refractivity (Wildman–Crippen MR) is 112 cm³/mol. The molecular formula is C22H15N3O4S. The summed E-state index contributed by atoms with van der Waals surface area (Å²) in [7, 11) is 0. The Hall–Kier alpha value is -3.91. The largest absolute Gasteiger partial charge is 0.463 e. The first-order chi connectivity index (χ1) is 14.5. The Balaban J connectivity index is 1.68. The fourth-order valence-corrected chi connectivity index (χ4v) is 3.68. The minimum atomic E-state index is -0.435. The summed E-state index contributed by atoms with van der Waals surface area (Å²) in [6.45, 7) is 1.43. The van der Waals surface area contributed by atoms with Crippen molar-refractivity contribution in [1.29, 1.82) is 0 Å². The molecule has 4 aromatic rings. The van der Waals surface area contributed by atoms with E-state index in [1.807, 2.05) is 0 Å². The van der Waals surface area contributed by atoms with Crippen molar-refractivity contribution in [1.82, 2.24) is 9.97 Å². The van der Waals surface area contributed by atoms with Gasteiger partial charge in [-0.15, -0.1) is 0 Å². The number of hydrogen-bond donors (Lipinski definition) is 1. The van der Waals surface area contributed by atoms with Gasteiger partial charge in [0.2, 0.25) is 5.78 Å². The maximum Gasteiger partial charge on any atom is 0.257 e. The standard InChI is InChI=1S/C22H15N3O4S/c1-13(26)14-6-4-7-15(12-14)21(28)25-22-24-18(17-9-5-11-29-17)20(30-22)19(27)16-8-2-3-10-23-16/h2-12H,1H3,(H,24,25,28). The summed E-state index contributed by atoms with van der Waals surface area (Å²) in [6.07, 6.45) is 3.01. The molecule has 30 heavy (non-hydrogen) atoms. The SMILES string of the molecule is CC(=O)c1cccc(C(=O)Nc2nc(-c3ccco3)c(C(=O)c3ccccn3)s2)c1. The van der Waals surface area contributed by atoms with Crippen LogP contribution in [0.4, 0.5) is 5.13 Å². The molecule has 0 saturated heterocycles. The molecule has 0 atom stereocenters. The van der Waals surface area contributed by atoms with Crippen LogP contribution in [0.1, 0.15) is 43.0 Å². The molecule has 0 saturated carbocycles. The smallest absolute Gasteiger partial charge is 0.257 e. The number of anilines is 1. The molecule has 0 aliphatic carbocycles. The Kier molecular flexibility index (Phi) is 5.32. The third-order valence-corrected chi connectivity index (χ3v) is 5.21. The van der Waals surface area contributed by atoms with Crippen molar-refractivity contribution in [2.24, 2.45) is 0 Å². The van der Waals surface area contributed by atoms with Crippen LogP contribution in [-0.4, -0.2) is 27.4 Å². The first-order valence-electron chi connectivity index (χ1n) is 8.95. The summed E-state index contributed by atoms with van der Waals surface area (Å²) in [5.74, 6) is -0.486. The Morgan fingerprint density at radius 2 is 1.83 bits per heavy atom. The number of rotatable bonds is 6. The van der Waals surface area contributed by atoms with Crippen LogP contribution >= 0.6 is 11.3 Å². The van der Waals surface area contributed by atoms with Crippen molar-refractivity contribution in [3.63, 3.8) is 0 Å². The topological polar surface area (TPSA) is 102 Å². The number of nitrogens with zero attached hydrogens (tertiary/aromatic N) is 2. The molecule has 0 bridgehead atoms. The van der Waals surface area contributed by atoms with Gasteiger partial charge in [0.25, 0.3) is 5.91 Å². The van der Waals surface area contributed by atoms with Gasteiger partial charge in [-0.05, 0) is 43.3 Å². The van der Waals surface area contributed by atoms with Crippen molar-refractivity contribution in [2.45, 2.75) is 6.92 Å². The molecule has 0 aliphatic rings. The van der Waals surface area contributed by atoms with E-state index in [2.05, 4.69) is 15.3 Å². The lowest BCUT2D eigenvalue weighted by Gasteiger charge is -2.03. The first-order valence-corrected chi connectivity index (χ1v) is 9.77. The Morgan fingerprint density at radius 3 is 2.53 bits per heavy atom. The van der Waals surface area contributed by atoms with Crippen molar-refractivity contribution in [2.75, 3.05) is 5.32 Å². The lowest BCUT2D eigenvalue weighted by Crippen LogP contribution is -2.12. The predicted octanol–water partition coefficient (Wildman–Crippen LogP) is 4.48. The van der Waals surface area contributed by atoms with E-state index < -0.39 is 5.91 Å². The van der Waals surface area contributed by atoms with Gasteiger partial charge in [-0.25, -0.2) is 4.98 Å². The van der Waals surface area contributed by atoms with Crippen LogP contribution in [0, 0.1) is 0 Å².